The lowest BCUT2D eigenvalue weighted by Crippen LogP contribution is -2.29. The number of nitrogens with zero attached hydrogens (tertiary/aromatic N) is 6. The number of hydrogen-bond acceptors (Lipinski definition) is 5. The fraction of sp³-hybridized carbons (Fsp3) is 0.389. The molecule has 8 heteroatoms. The highest BCUT2D eigenvalue weighted by atomic mass is 16.1. The van der Waals surface area contributed by atoms with Crippen molar-refractivity contribution in [2.75, 3.05) is 0 Å². The van der Waals surface area contributed by atoms with Crippen LogP contribution in [0.3, 0.4) is 0 Å². The summed E-state index contributed by atoms with van der Waals surface area (Å²) in [6, 6.07) is 7.57. The Morgan fingerprint density at radius 1 is 1.15 bits per heavy atom. The molecule has 1 N–H and O–H groups in total. The molecular weight excluding hydrogens is 330 g/mol. The summed E-state index contributed by atoms with van der Waals surface area (Å²) in [5, 5.41) is 18.9. The van der Waals surface area contributed by atoms with E-state index in [1.807, 2.05) is 25.1 Å². The Labute approximate surface area is 151 Å². The molecule has 0 radical (unpaired) electrons. The van der Waals surface area contributed by atoms with Crippen LogP contribution in [0.5, 0.6) is 0 Å². The summed E-state index contributed by atoms with van der Waals surface area (Å²) in [7, 11) is 0. The largest absolute Gasteiger partial charge is 0.342 e. The number of nitrogens with one attached hydrogen (secondary N) is 1. The highest BCUT2D eigenvalue weighted by molar-refractivity contribution is 5.94. The zero-order valence-corrected chi connectivity index (χ0v) is 14.6. The normalized spacial score (nSPS) is 15.9. The van der Waals surface area contributed by atoms with Crippen molar-refractivity contribution in [3.05, 3.63) is 54.6 Å². The van der Waals surface area contributed by atoms with Gasteiger partial charge < -0.3 is 9.88 Å². The van der Waals surface area contributed by atoms with Crippen molar-refractivity contribution in [2.24, 2.45) is 0 Å². The summed E-state index contributed by atoms with van der Waals surface area (Å²) < 4.78 is 3.88. The Hall–Kier alpha value is -3.03. The molecule has 0 spiro atoms. The van der Waals surface area contributed by atoms with Gasteiger partial charge >= 0.3 is 0 Å². The Kier molecular flexibility index (Phi) is 4.47. The molecule has 3 aromatic rings. The molecule has 0 aliphatic heterocycles. The van der Waals surface area contributed by atoms with Gasteiger partial charge in [-0.25, -0.2) is 0 Å². The minimum Gasteiger partial charge on any atom is -0.342 e. The second kappa shape index (κ2) is 7.07. The maximum absolute atomic E-state index is 12.7. The second-order valence-electron chi connectivity index (χ2n) is 6.65. The minimum absolute atomic E-state index is 0.145. The molecule has 0 saturated heterocycles. The van der Waals surface area contributed by atoms with Crippen LogP contribution in [0, 0.1) is 0 Å². The Bertz CT molecular complexity index is 881. The van der Waals surface area contributed by atoms with Crippen LogP contribution in [0.15, 0.2) is 43.2 Å². The van der Waals surface area contributed by atoms with Crippen LogP contribution in [0.1, 0.15) is 60.9 Å². The third-order valence-corrected chi connectivity index (χ3v) is 4.88. The number of amides is 1. The Morgan fingerprint density at radius 3 is 2.69 bits per heavy atom. The van der Waals surface area contributed by atoms with Gasteiger partial charge in [0.05, 0.1) is 6.04 Å². The summed E-state index contributed by atoms with van der Waals surface area (Å²) in [6.45, 7) is 1.94. The molecule has 0 unspecified atom stereocenters. The first-order valence-electron chi connectivity index (χ1n) is 8.87. The molecule has 1 saturated carbocycles. The number of carbonyl (C=O) groups is 1. The van der Waals surface area contributed by atoms with Crippen molar-refractivity contribution >= 4 is 5.91 Å². The fourth-order valence-corrected chi connectivity index (χ4v) is 3.51. The predicted molar refractivity (Wildman–Crippen MR) is 94.8 cm³/mol. The molecule has 26 heavy (non-hydrogen) atoms. The predicted octanol–water partition coefficient (Wildman–Crippen LogP) is 2.46. The SMILES string of the molecule is C[C@H](NC(=O)c1cccc(-n2cnnc2)c1)c1nncn1C1CCCC1. The van der Waals surface area contributed by atoms with Crippen molar-refractivity contribution in [3.63, 3.8) is 0 Å². The third-order valence-electron chi connectivity index (χ3n) is 4.88. The molecule has 2 aromatic heterocycles. The summed E-state index contributed by atoms with van der Waals surface area (Å²) in [5.74, 6) is 0.661. The van der Waals surface area contributed by atoms with Crippen LogP contribution in [-0.2, 0) is 0 Å². The number of hydrogen-bond donors (Lipinski definition) is 1. The summed E-state index contributed by atoms with van der Waals surface area (Å²) in [4.78, 5) is 12.7. The zero-order valence-electron chi connectivity index (χ0n) is 14.6. The van der Waals surface area contributed by atoms with Crippen molar-refractivity contribution < 1.29 is 4.79 Å². The molecule has 1 fully saturated rings. The van der Waals surface area contributed by atoms with Crippen LogP contribution < -0.4 is 5.32 Å². The second-order valence-corrected chi connectivity index (χ2v) is 6.65. The molecule has 8 nitrogen and oxygen atoms in total. The maximum Gasteiger partial charge on any atom is 0.251 e. The lowest BCUT2D eigenvalue weighted by molar-refractivity contribution is 0.0937. The van der Waals surface area contributed by atoms with Gasteiger partial charge in [0.1, 0.15) is 19.0 Å². The molecule has 134 valence electrons. The molecule has 1 aliphatic rings. The zero-order chi connectivity index (χ0) is 17.9. The lowest BCUT2D eigenvalue weighted by atomic mass is 10.1. The topological polar surface area (TPSA) is 90.5 Å². The fourth-order valence-electron chi connectivity index (χ4n) is 3.51. The van der Waals surface area contributed by atoms with Crippen molar-refractivity contribution in [1.82, 2.24) is 34.8 Å². The van der Waals surface area contributed by atoms with E-state index in [0.29, 0.717) is 11.6 Å². The van der Waals surface area contributed by atoms with E-state index < -0.39 is 0 Å². The van der Waals surface area contributed by atoms with Gasteiger partial charge in [-0.15, -0.1) is 20.4 Å². The van der Waals surface area contributed by atoms with Gasteiger partial charge in [-0.2, -0.15) is 0 Å². The van der Waals surface area contributed by atoms with Crippen molar-refractivity contribution in [2.45, 2.75) is 44.7 Å². The van der Waals surface area contributed by atoms with Crippen molar-refractivity contribution in [3.8, 4) is 5.69 Å². The quantitative estimate of drug-likeness (QED) is 0.762. The van der Waals surface area contributed by atoms with Crippen LogP contribution in [0.2, 0.25) is 0 Å². The number of rotatable bonds is 5. The summed E-state index contributed by atoms with van der Waals surface area (Å²) in [6.07, 6.45) is 9.74. The number of benzene rings is 1. The van der Waals surface area contributed by atoms with Crippen LogP contribution in [0.25, 0.3) is 5.69 Å². The number of aromatic nitrogens is 6. The van der Waals surface area contributed by atoms with Gasteiger partial charge in [-0.05, 0) is 38.0 Å². The van der Waals surface area contributed by atoms with E-state index in [0.717, 1.165) is 24.4 Å². The molecular formula is C18H21N7O. The average Bonchev–Trinajstić information content (AvgIpc) is 3.43. The summed E-state index contributed by atoms with van der Waals surface area (Å²) in [5.41, 5.74) is 1.42. The molecule has 2 heterocycles. The van der Waals surface area contributed by atoms with Gasteiger partial charge in [0.15, 0.2) is 5.82 Å². The highest BCUT2D eigenvalue weighted by Gasteiger charge is 2.23. The van der Waals surface area contributed by atoms with E-state index in [9.17, 15) is 4.79 Å². The Morgan fingerprint density at radius 2 is 1.92 bits per heavy atom. The minimum atomic E-state index is -0.218. The van der Waals surface area contributed by atoms with Gasteiger partial charge in [-0.1, -0.05) is 18.9 Å². The smallest absolute Gasteiger partial charge is 0.251 e. The van der Waals surface area contributed by atoms with Crippen LogP contribution in [0.4, 0.5) is 0 Å². The monoisotopic (exact) mass is 351 g/mol. The van der Waals surface area contributed by atoms with E-state index in [2.05, 4.69) is 30.3 Å². The molecule has 1 aliphatic carbocycles. The third kappa shape index (κ3) is 3.22. The van der Waals surface area contributed by atoms with Gasteiger partial charge in [-0.3, -0.25) is 9.36 Å². The summed E-state index contributed by atoms with van der Waals surface area (Å²) >= 11 is 0. The van der Waals surface area contributed by atoms with Crippen LogP contribution >= 0.6 is 0 Å². The molecule has 0 bridgehead atoms. The standard InChI is InChI=1S/C18H21N7O/c1-13(17-23-21-12-25(17)15-6-2-3-7-15)22-18(26)14-5-4-8-16(9-14)24-10-19-20-11-24/h4-5,8-13,15H,2-3,6-7H2,1H3,(H,22,26)/t13-/m0/s1. The first-order valence-corrected chi connectivity index (χ1v) is 8.87. The Balaban J connectivity index is 1.50. The first kappa shape index (κ1) is 16.4. The molecule has 1 amide bonds. The van der Waals surface area contributed by atoms with Crippen molar-refractivity contribution in [1.29, 1.82) is 0 Å². The maximum atomic E-state index is 12.7. The van der Waals surface area contributed by atoms with E-state index in [1.165, 1.54) is 12.8 Å². The first-order chi connectivity index (χ1) is 12.7. The lowest BCUT2D eigenvalue weighted by Gasteiger charge is -2.19. The van der Waals surface area contributed by atoms with Crippen LogP contribution in [-0.4, -0.2) is 35.4 Å². The molecule has 1 aromatic carbocycles. The molecule has 1 atom stereocenters. The van der Waals surface area contributed by atoms with E-state index in [4.69, 9.17) is 0 Å². The van der Waals surface area contributed by atoms with Gasteiger partial charge in [0.25, 0.3) is 5.91 Å². The highest BCUT2D eigenvalue weighted by Crippen LogP contribution is 2.31. The van der Waals surface area contributed by atoms with E-state index >= 15 is 0 Å². The molecule has 4 rings (SSSR count). The number of carbonyl (C=O) groups excluding carboxylic acids is 1. The van der Waals surface area contributed by atoms with Gasteiger partial charge in [0, 0.05) is 17.3 Å². The van der Waals surface area contributed by atoms with Gasteiger partial charge in [0.2, 0.25) is 0 Å². The average molecular weight is 351 g/mol. The van der Waals surface area contributed by atoms with E-state index in [1.54, 1.807) is 29.6 Å². The van der Waals surface area contributed by atoms with E-state index in [-0.39, 0.29) is 11.9 Å².